The Hall–Kier alpha value is -6.30. The number of aromatic hydroxyl groups is 1. The first-order valence-electron chi connectivity index (χ1n) is 22.9. The lowest BCUT2D eigenvalue weighted by Crippen LogP contribution is -2.51. The fourth-order valence-corrected chi connectivity index (χ4v) is 10.5. The number of rotatable bonds is 9. The lowest BCUT2D eigenvalue weighted by atomic mass is 9.86. The summed E-state index contributed by atoms with van der Waals surface area (Å²) in [5.41, 5.74) is 7.93. The van der Waals surface area contributed by atoms with Gasteiger partial charge in [-0.15, -0.1) is 10.2 Å². The van der Waals surface area contributed by atoms with Gasteiger partial charge in [0, 0.05) is 106 Å². The Balaban J connectivity index is 0.768. The van der Waals surface area contributed by atoms with E-state index in [0.717, 1.165) is 42.8 Å². The van der Waals surface area contributed by atoms with E-state index in [1.54, 1.807) is 35.4 Å². The molecule has 4 N–H and O–H groups in total. The van der Waals surface area contributed by atoms with Gasteiger partial charge in [0.25, 0.3) is 5.91 Å². The number of carbonyl (C=O) groups is 3. The number of carbonyl (C=O) groups excluding carboxylic acids is 3. The first kappa shape index (κ1) is 43.6. The first-order chi connectivity index (χ1) is 31.7. The average Bonchev–Trinajstić information content (AvgIpc) is 4.09. The van der Waals surface area contributed by atoms with E-state index < -0.39 is 35.3 Å². The number of nitrogen functional groups attached to an aromatic ring is 1. The minimum Gasteiger partial charge on any atom is -0.507 e. The molecule has 2 aromatic carbocycles. The number of pyridine rings is 1. The molecule has 3 aromatic heterocycles. The highest BCUT2D eigenvalue weighted by atomic mass is 19.4. The highest BCUT2D eigenvalue weighted by molar-refractivity contribution is 6.06. The Kier molecular flexibility index (Phi) is 11.3. The maximum atomic E-state index is 16.5. The molecule has 1 saturated carbocycles. The number of likely N-dealkylation sites (tertiary alicyclic amines) is 2. The van der Waals surface area contributed by atoms with Crippen LogP contribution in [-0.2, 0) is 11.0 Å². The molecule has 66 heavy (non-hydrogen) atoms. The summed E-state index contributed by atoms with van der Waals surface area (Å²) < 4.78 is 63.2. The quantitative estimate of drug-likeness (QED) is 0.124. The second kappa shape index (κ2) is 17.2. The number of hydrogen-bond donors (Lipinski definition) is 3. The topological polar surface area (TPSA) is 166 Å². The van der Waals surface area contributed by atoms with Crippen molar-refractivity contribution in [3.8, 4) is 17.0 Å². The van der Waals surface area contributed by atoms with Crippen LogP contribution in [0.15, 0.2) is 67.0 Å². The Labute approximate surface area is 378 Å². The number of nitrogens with two attached hydrogens (primary N) is 1. The number of nitrogens with zero attached hydrogens (tertiary/aromatic N) is 8. The molecule has 10 rings (SSSR count). The molecule has 7 heterocycles. The maximum Gasteiger partial charge on any atom is 0.416 e. The molecule has 0 unspecified atom stereocenters. The van der Waals surface area contributed by atoms with Crippen molar-refractivity contribution in [1.29, 1.82) is 0 Å². The summed E-state index contributed by atoms with van der Waals surface area (Å²) in [4.78, 5) is 50.0. The molecule has 1 atom stereocenters. The largest absolute Gasteiger partial charge is 0.507 e. The molecule has 0 bridgehead atoms. The molecule has 5 aliphatic rings. The van der Waals surface area contributed by atoms with Crippen molar-refractivity contribution in [3.05, 3.63) is 89.2 Å². The zero-order valence-corrected chi connectivity index (χ0v) is 36.4. The number of phenols is 1. The second-order valence-electron chi connectivity index (χ2n) is 18.6. The van der Waals surface area contributed by atoms with Gasteiger partial charge in [0.2, 0.25) is 5.91 Å². The SMILES string of the molecule is Nc1nnc(-c2ccccc2O)cc1N1CCC[C@H](c2ccc(C(=O)N3CCC(F)(CN4CCC(n5cc(C6CC6)c6cc(N7CCC(=O)NC7=O)cnc65)CC4)CC3)cc2C(F)(F)F)C1. The minimum atomic E-state index is -4.73. The highest BCUT2D eigenvalue weighted by Crippen LogP contribution is 2.46. The smallest absolute Gasteiger partial charge is 0.416 e. The van der Waals surface area contributed by atoms with Crippen LogP contribution in [0.1, 0.15) is 103 Å². The van der Waals surface area contributed by atoms with Crippen LogP contribution in [-0.4, -0.2) is 111 Å². The molecule has 4 aliphatic heterocycles. The number of fused-ring (bicyclic) bond motifs is 1. The molecular formula is C48H52F4N10O4. The van der Waals surface area contributed by atoms with E-state index in [2.05, 4.69) is 31.2 Å². The minimum absolute atomic E-state index is 0.0122. The number of alkyl halides is 4. The van der Waals surface area contributed by atoms with Crippen LogP contribution in [0, 0.1) is 0 Å². The standard InChI is InChI=1S/C48H52F4N10O4/c49-47(28-58-17-11-32(12-18-58)62-27-37(29-7-8-29)36-23-33(25-54-44(36)62)61-19-13-42(64)55-46(61)66)14-20-59(21-15-47)45(65)30-9-10-34(38(22-30)48(50,51)52)31-4-3-16-60(26-31)40-24-39(56-57-43(40)53)35-5-1-2-6-41(35)63/h1-2,5-6,9-10,22-25,27,29,31-32,63H,3-4,7-8,11-21,26,28H2,(H2,53,57)(H,55,64,66)/t31-/m0/s1. The van der Waals surface area contributed by atoms with Gasteiger partial charge in [-0.25, -0.2) is 14.2 Å². The van der Waals surface area contributed by atoms with E-state index >= 15 is 4.39 Å². The number of phenolic OH excluding ortho intramolecular Hbond substituents is 1. The lowest BCUT2D eigenvalue weighted by molar-refractivity contribution is -0.138. The summed E-state index contributed by atoms with van der Waals surface area (Å²) in [6, 6.07) is 13.9. The Morgan fingerprint density at radius 2 is 1.67 bits per heavy atom. The van der Waals surface area contributed by atoms with Gasteiger partial charge in [-0.1, -0.05) is 18.2 Å². The van der Waals surface area contributed by atoms with Gasteiger partial charge in [0.1, 0.15) is 17.1 Å². The number of aromatic nitrogens is 4. The Morgan fingerprint density at radius 1 is 0.894 bits per heavy atom. The zero-order chi connectivity index (χ0) is 45.9. The average molecular weight is 909 g/mol. The molecule has 0 spiro atoms. The summed E-state index contributed by atoms with van der Waals surface area (Å²) in [5.74, 6) is -0.780. The number of anilines is 3. The molecular weight excluding hydrogens is 857 g/mol. The van der Waals surface area contributed by atoms with Crippen LogP contribution >= 0.6 is 0 Å². The van der Waals surface area contributed by atoms with Gasteiger partial charge in [0.05, 0.1) is 28.8 Å². The Morgan fingerprint density at radius 3 is 2.39 bits per heavy atom. The van der Waals surface area contributed by atoms with Gasteiger partial charge < -0.3 is 30.1 Å². The first-order valence-corrected chi connectivity index (χ1v) is 22.9. The van der Waals surface area contributed by atoms with E-state index in [4.69, 9.17) is 10.7 Å². The molecule has 18 heteroatoms. The number of nitrogens with one attached hydrogen (secondary N) is 1. The molecule has 5 aromatic rings. The summed E-state index contributed by atoms with van der Waals surface area (Å²) in [5, 5.41) is 22.0. The van der Waals surface area contributed by atoms with Crippen molar-refractivity contribution < 1.29 is 37.1 Å². The van der Waals surface area contributed by atoms with Crippen LogP contribution in [0.25, 0.3) is 22.3 Å². The van der Waals surface area contributed by atoms with E-state index in [0.29, 0.717) is 67.6 Å². The third kappa shape index (κ3) is 8.62. The highest BCUT2D eigenvalue weighted by Gasteiger charge is 2.41. The van der Waals surface area contributed by atoms with Crippen LogP contribution < -0.4 is 20.9 Å². The van der Waals surface area contributed by atoms with Gasteiger partial charge in [-0.2, -0.15) is 13.2 Å². The van der Waals surface area contributed by atoms with Crippen molar-refractivity contribution in [3.63, 3.8) is 0 Å². The number of halogens is 4. The number of para-hydroxylation sites is 1. The van der Waals surface area contributed by atoms with Gasteiger partial charge in [-0.3, -0.25) is 19.8 Å². The van der Waals surface area contributed by atoms with Crippen LogP contribution in [0.3, 0.4) is 0 Å². The number of urea groups is 1. The molecule has 4 amide bonds. The molecule has 1 aliphatic carbocycles. The number of amides is 4. The summed E-state index contributed by atoms with van der Waals surface area (Å²) in [7, 11) is 0. The van der Waals surface area contributed by atoms with E-state index in [1.165, 1.54) is 28.7 Å². The maximum absolute atomic E-state index is 16.5. The molecule has 14 nitrogen and oxygen atoms in total. The molecule has 346 valence electrons. The number of hydrogen-bond acceptors (Lipinski definition) is 10. The van der Waals surface area contributed by atoms with Crippen molar-refractivity contribution in [2.75, 3.05) is 67.9 Å². The van der Waals surface area contributed by atoms with E-state index in [1.807, 2.05) is 11.0 Å². The summed E-state index contributed by atoms with van der Waals surface area (Å²) in [6.45, 7) is 2.82. The predicted octanol–water partition coefficient (Wildman–Crippen LogP) is 7.79. The fraction of sp³-hybridized carbons (Fsp3) is 0.458. The molecule has 0 radical (unpaired) electrons. The second-order valence-corrected chi connectivity index (χ2v) is 18.6. The van der Waals surface area contributed by atoms with Crippen LogP contribution in [0.4, 0.5) is 39.5 Å². The van der Waals surface area contributed by atoms with Crippen molar-refractivity contribution in [2.24, 2.45) is 0 Å². The normalized spacial score (nSPS) is 21.1. The van der Waals surface area contributed by atoms with Crippen molar-refractivity contribution in [2.45, 2.75) is 87.5 Å². The predicted molar refractivity (Wildman–Crippen MR) is 240 cm³/mol. The van der Waals surface area contributed by atoms with Gasteiger partial charge >= 0.3 is 12.2 Å². The summed E-state index contributed by atoms with van der Waals surface area (Å²) >= 11 is 0. The zero-order valence-electron chi connectivity index (χ0n) is 36.4. The fourth-order valence-electron chi connectivity index (χ4n) is 10.5. The van der Waals surface area contributed by atoms with E-state index in [9.17, 15) is 32.7 Å². The van der Waals surface area contributed by atoms with Gasteiger partial charge in [-0.05, 0) is 92.0 Å². The summed E-state index contributed by atoms with van der Waals surface area (Å²) in [6.07, 6.45) is 4.42. The van der Waals surface area contributed by atoms with Crippen LogP contribution in [0.2, 0.25) is 0 Å². The van der Waals surface area contributed by atoms with Crippen molar-refractivity contribution in [1.82, 2.24) is 34.9 Å². The number of benzene rings is 2. The third-order valence-corrected chi connectivity index (χ3v) is 14.3. The van der Waals surface area contributed by atoms with Crippen LogP contribution in [0.5, 0.6) is 5.75 Å². The molecule has 5 fully saturated rings. The van der Waals surface area contributed by atoms with E-state index in [-0.39, 0.29) is 80.1 Å². The molecule has 4 saturated heterocycles. The lowest BCUT2D eigenvalue weighted by Gasteiger charge is -2.41. The van der Waals surface area contributed by atoms with Gasteiger partial charge in [0.15, 0.2) is 5.82 Å². The van der Waals surface area contributed by atoms with Crippen molar-refractivity contribution >= 4 is 46.1 Å². The Bertz CT molecular complexity index is 2690. The monoisotopic (exact) mass is 908 g/mol. The third-order valence-electron chi connectivity index (χ3n) is 14.3. The number of imide groups is 1. The number of piperidine rings is 3.